The highest BCUT2D eigenvalue weighted by atomic mass is 16.5. The zero-order valence-electron chi connectivity index (χ0n) is 6.64. The Balaban J connectivity index is 3.06. The number of nitrogens with zero attached hydrogens (tertiary/aromatic N) is 1. The third-order valence-corrected chi connectivity index (χ3v) is 1.88. The maximum Gasteiger partial charge on any atom is 0.287 e. The molecule has 4 heteroatoms. The van der Waals surface area contributed by atoms with Crippen LogP contribution in [0, 0.1) is 0 Å². The first-order chi connectivity index (χ1) is 6.20. The van der Waals surface area contributed by atoms with Crippen LogP contribution >= 0.6 is 0 Å². The van der Waals surface area contributed by atoms with E-state index in [0.29, 0.717) is 15.6 Å². The first-order valence-electron chi connectivity index (χ1n) is 3.73. The minimum Gasteiger partial charge on any atom is -0.507 e. The van der Waals surface area contributed by atoms with Crippen molar-refractivity contribution in [2.24, 2.45) is 0 Å². The van der Waals surface area contributed by atoms with E-state index in [0.717, 1.165) is 6.07 Å². The Morgan fingerprint density at radius 2 is 1.92 bits per heavy atom. The van der Waals surface area contributed by atoms with Gasteiger partial charge >= 0.3 is 0 Å². The number of benzene rings is 1. The molecule has 0 saturated heterocycles. The number of aromatic hydroxyl groups is 1. The predicted molar refractivity (Wildman–Crippen MR) is 47.1 cm³/mol. The van der Waals surface area contributed by atoms with Crippen molar-refractivity contribution in [3.8, 4) is 5.75 Å². The molecule has 0 bridgehead atoms. The monoisotopic (exact) mass is 177 g/mol. The van der Waals surface area contributed by atoms with Crippen LogP contribution in [0.15, 0.2) is 35.1 Å². The van der Waals surface area contributed by atoms with Crippen molar-refractivity contribution >= 4 is 10.9 Å². The Morgan fingerprint density at radius 3 is 2.69 bits per heavy atom. The summed E-state index contributed by atoms with van der Waals surface area (Å²) in [7, 11) is 0. The van der Waals surface area contributed by atoms with Crippen LogP contribution in [0.25, 0.3) is 10.9 Å². The van der Waals surface area contributed by atoms with Gasteiger partial charge in [0.25, 0.3) is 5.56 Å². The summed E-state index contributed by atoms with van der Waals surface area (Å²) in [5.74, 6) is -0.120. The van der Waals surface area contributed by atoms with Gasteiger partial charge in [-0.2, -0.15) is 0 Å². The second kappa shape index (κ2) is 2.52. The summed E-state index contributed by atoms with van der Waals surface area (Å²) >= 11 is 0. The lowest BCUT2D eigenvalue weighted by molar-refractivity contribution is 0.188. The van der Waals surface area contributed by atoms with Crippen LogP contribution in [-0.4, -0.2) is 15.0 Å². The normalized spacial score (nSPS) is 10.5. The summed E-state index contributed by atoms with van der Waals surface area (Å²) in [5.41, 5.74) is -0.344. The fourth-order valence-corrected chi connectivity index (χ4v) is 1.25. The molecule has 2 N–H and O–H groups in total. The number of hydrogen-bond donors (Lipinski definition) is 2. The Labute approximate surface area is 73.2 Å². The second-order valence-electron chi connectivity index (χ2n) is 2.70. The standard InChI is InChI=1S/C9H7NO3/c11-8-5-9(12)10(13)7-4-2-1-3-6(7)8/h1-5,11,13H. The molecule has 0 aliphatic heterocycles. The number of rotatable bonds is 0. The molecule has 1 aromatic heterocycles. The Kier molecular flexibility index (Phi) is 1.48. The van der Waals surface area contributed by atoms with Crippen LogP contribution in [0.4, 0.5) is 0 Å². The van der Waals surface area contributed by atoms with Crippen molar-refractivity contribution in [3.05, 3.63) is 40.7 Å². The lowest BCUT2D eigenvalue weighted by Gasteiger charge is -2.03. The van der Waals surface area contributed by atoms with Crippen molar-refractivity contribution < 1.29 is 10.3 Å². The minimum atomic E-state index is -0.642. The molecule has 0 saturated carbocycles. The number of hydrogen-bond acceptors (Lipinski definition) is 3. The predicted octanol–water partition coefficient (Wildman–Crippen LogP) is 0.944. The highest BCUT2D eigenvalue weighted by Gasteiger charge is 2.04. The van der Waals surface area contributed by atoms with Crippen molar-refractivity contribution in [2.75, 3.05) is 0 Å². The Morgan fingerprint density at radius 1 is 1.23 bits per heavy atom. The van der Waals surface area contributed by atoms with Crippen LogP contribution in [0.1, 0.15) is 0 Å². The number of para-hydroxylation sites is 1. The molecule has 0 fully saturated rings. The molecule has 0 amide bonds. The van der Waals surface area contributed by atoms with Gasteiger partial charge < -0.3 is 10.3 Å². The van der Waals surface area contributed by atoms with E-state index in [9.17, 15) is 15.1 Å². The lowest BCUT2D eigenvalue weighted by atomic mass is 10.2. The average Bonchev–Trinajstić information content (AvgIpc) is 2.15. The van der Waals surface area contributed by atoms with Crippen molar-refractivity contribution in [1.82, 2.24) is 4.73 Å². The van der Waals surface area contributed by atoms with Crippen molar-refractivity contribution in [3.63, 3.8) is 0 Å². The molecular formula is C9H7NO3. The van der Waals surface area contributed by atoms with Gasteiger partial charge in [-0.3, -0.25) is 4.79 Å². The largest absolute Gasteiger partial charge is 0.507 e. The summed E-state index contributed by atoms with van der Waals surface area (Å²) in [5, 5.41) is 19.1. The molecule has 0 unspecified atom stereocenters. The average molecular weight is 177 g/mol. The van der Waals surface area contributed by atoms with E-state index in [1.165, 1.54) is 0 Å². The number of aromatic nitrogens is 1. The molecule has 2 rings (SSSR count). The molecular weight excluding hydrogens is 170 g/mol. The molecule has 0 spiro atoms. The molecule has 66 valence electrons. The van der Waals surface area contributed by atoms with Crippen LogP contribution in [0.5, 0.6) is 5.75 Å². The lowest BCUT2D eigenvalue weighted by Crippen LogP contribution is -2.16. The van der Waals surface area contributed by atoms with Gasteiger partial charge in [-0.05, 0) is 12.1 Å². The molecule has 0 aliphatic carbocycles. The van der Waals surface area contributed by atoms with E-state index in [2.05, 4.69) is 0 Å². The van der Waals surface area contributed by atoms with E-state index in [4.69, 9.17) is 0 Å². The fraction of sp³-hybridized carbons (Fsp3) is 0. The SMILES string of the molecule is O=c1cc(O)c2ccccc2n1O. The van der Waals surface area contributed by atoms with E-state index >= 15 is 0 Å². The molecule has 0 atom stereocenters. The molecule has 13 heavy (non-hydrogen) atoms. The summed E-state index contributed by atoms with van der Waals surface area (Å²) in [6, 6.07) is 7.54. The molecule has 1 aromatic carbocycles. The summed E-state index contributed by atoms with van der Waals surface area (Å²) in [4.78, 5) is 11.0. The number of pyridine rings is 1. The maximum absolute atomic E-state index is 11.0. The zero-order valence-corrected chi connectivity index (χ0v) is 6.64. The smallest absolute Gasteiger partial charge is 0.287 e. The summed E-state index contributed by atoms with van der Waals surface area (Å²) in [6.45, 7) is 0. The van der Waals surface area contributed by atoms with Crippen LogP contribution in [0.3, 0.4) is 0 Å². The van der Waals surface area contributed by atoms with Gasteiger partial charge in [0.05, 0.1) is 5.52 Å². The zero-order chi connectivity index (χ0) is 9.42. The van der Waals surface area contributed by atoms with Gasteiger partial charge in [0.2, 0.25) is 0 Å². The quantitative estimate of drug-likeness (QED) is 0.589. The van der Waals surface area contributed by atoms with E-state index < -0.39 is 5.56 Å². The topological polar surface area (TPSA) is 62.5 Å². The van der Waals surface area contributed by atoms with Crippen molar-refractivity contribution in [1.29, 1.82) is 0 Å². The van der Waals surface area contributed by atoms with E-state index in [1.807, 2.05) is 0 Å². The number of fused-ring (bicyclic) bond motifs is 1. The highest BCUT2D eigenvalue weighted by Crippen LogP contribution is 2.20. The first-order valence-corrected chi connectivity index (χ1v) is 3.73. The van der Waals surface area contributed by atoms with Crippen LogP contribution in [0.2, 0.25) is 0 Å². The molecule has 0 radical (unpaired) electrons. The Bertz CT molecular complexity index is 516. The van der Waals surface area contributed by atoms with Gasteiger partial charge in [-0.1, -0.05) is 12.1 Å². The van der Waals surface area contributed by atoms with Gasteiger partial charge in [-0.15, -0.1) is 4.73 Å². The molecule has 2 aromatic rings. The highest BCUT2D eigenvalue weighted by molar-refractivity contribution is 5.84. The summed E-state index contributed by atoms with van der Waals surface area (Å²) < 4.78 is 0.509. The third-order valence-electron chi connectivity index (χ3n) is 1.88. The second-order valence-corrected chi connectivity index (χ2v) is 2.70. The van der Waals surface area contributed by atoms with Gasteiger partial charge in [0.1, 0.15) is 5.75 Å². The fourth-order valence-electron chi connectivity index (χ4n) is 1.25. The van der Waals surface area contributed by atoms with E-state index in [-0.39, 0.29) is 5.75 Å². The van der Waals surface area contributed by atoms with Gasteiger partial charge in [-0.25, -0.2) is 0 Å². The van der Waals surface area contributed by atoms with E-state index in [1.54, 1.807) is 24.3 Å². The Hall–Kier alpha value is -1.97. The van der Waals surface area contributed by atoms with Gasteiger partial charge in [0.15, 0.2) is 0 Å². The molecule has 0 aliphatic rings. The summed E-state index contributed by atoms with van der Waals surface area (Å²) in [6.07, 6.45) is 0. The first kappa shape index (κ1) is 7.67. The maximum atomic E-state index is 11.0. The van der Waals surface area contributed by atoms with Crippen molar-refractivity contribution in [2.45, 2.75) is 0 Å². The minimum absolute atomic E-state index is 0.120. The van der Waals surface area contributed by atoms with Crippen LogP contribution in [-0.2, 0) is 0 Å². The van der Waals surface area contributed by atoms with Gasteiger partial charge in [0, 0.05) is 11.5 Å². The molecule has 4 nitrogen and oxygen atoms in total. The van der Waals surface area contributed by atoms with Crippen LogP contribution < -0.4 is 5.56 Å². The molecule has 1 heterocycles. The third kappa shape index (κ3) is 1.03.